The van der Waals surface area contributed by atoms with Gasteiger partial charge >= 0.3 is 18.2 Å². The molecule has 0 unspecified atom stereocenters. The number of alkyl halides is 3. The molecule has 124 valence electrons. The van der Waals surface area contributed by atoms with Gasteiger partial charge in [-0.3, -0.25) is 4.79 Å². The zero-order valence-corrected chi connectivity index (χ0v) is 12.2. The molecule has 0 spiro atoms. The van der Waals surface area contributed by atoms with Gasteiger partial charge in [-0.05, 0) is 25.1 Å². The van der Waals surface area contributed by atoms with Crippen molar-refractivity contribution in [2.75, 3.05) is 13.2 Å². The summed E-state index contributed by atoms with van der Waals surface area (Å²) in [6.07, 6.45) is -3.17. The molecule has 0 bridgehead atoms. The number of nitrogens with zero attached hydrogens (tertiary/aromatic N) is 3. The quantitative estimate of drug-likeness (QED) is 0.762. The fourth-order valence-electron chi connectivity index (χ4n) is 1.72. The lowest BCUT2D eigenvalue weighted by Crippen LogP contribution is -2.10. The van der Waals surface area contributed by atoms with Crippen molar-refractivity contribution in [3.63, 3.8) is 0 Å². The third kappa shape index (κ3) is 4.70. The Morgan fingerprint density at radius 3 is 2.83 bits per heavy atom. The summed E-state index contributed by atoms with van der Waals surface area (Å²) in [7, 11) is 0. The predicted octanol–water partition coefficient (Wildman–Crippen LogP) is 2.62. The van der Waals surface area contributed by atoms with Gasteiger partial charge in [0, 0.05) is 0 Å². The molecule has 23 heavy (non-hydrogen) atoms. The molecule has 2 rings (SSSR count). The van der Waals surface area contributed by atoms with Crippen molar-refractivity contribution in [1.82, 2.24) is 14.8 Å². The lowest BCUT2D eigenvalue weighted by Gasteiger charge is -2.08. The van der Waals surface area contributed by atoms with E-state index >= 15 is 0 Å². The maximum absolute atomic E-state index is 12.7. The first-order chi connectivity index (χ1) is 10.9. The summed E-state index contributed by atoms with van der Waals surface area (Å²) in [5.74, 6) is -0.412. The fraction of sp³-hybridized carbons (Fsp3) is 0.357. The van der Waals surface area contributed by atoms with E-state index in [1.807, 2.05) is 0 Å². The lowest BCUT2D eigenvalue weighted by atomic mass is 10.2. The number of ether oxygens (including phenoxy) is 2. The molecule has 0 atom stereocenters. The van der Waals surface area contributed by atoms with Gasteiger partial charge in [-0.15, -0.1) is 5.10 Å². The van der Waals surface area contributed by atoms with Crippen molar-refractivity contribution in [3.05, 3.63) is 36.2 Å². The summed E-state index contributed by atoms with van der Waals surface area (Å²) in [6, 6.07) is 4.63. The molecule has 1 aromatic carbocycles. The van der Waals surface area contributed by atoms with Crippen molar-refractivity contribution in [2.24, 2.45) is 0 Å². The van der Waals surface area contributed by atoms with Gasteiger partial charge in [0.15, 0.2) is 0 Å². The number of rotatable bonds is 6. The molecule has 2 aromatic rings. The predicted molar refractivity (Wildman–Crippen MR) is 73.1 cm³/mol. The van der Waals surface area contributed by atoms with Crippen LogP contribution in [0, 0.1) is 0 Å². The average molecular weight is 329 g/mol. The van der Waals surface area contributed by atoms with Crippen LogP contribution in [0.1, 0.15) is 18.9 Å². The molecular formula is C14H14F3N3O3. The fourth-order valence-corrected chi connectivity index (χ4v) is 1.72. The van der Waals surface area contributed by atoms with Crippen molar-refractivity contribution in [3.8, 4) is 11.7 Å². The van der Waals surface area contributed by atoms with Gasteiger partial charge in [-0.25, -0.2) is 4.68 Å². The van der Waals surface area contributed by atoms with Crippen molar-refractivity contribution >= 4 is 5.97 Å². The summed E-state index contributed by atoms with van der Waals surface area (Å²) < 4.78 is 49.1. The highest BCUT2D eigenvalue weighted by Gasteiger charge is 2.30. The maximum atomic E-state index is 12.7. The first-order valence-electron chi connectivity index (χ1n) is 6.78. The number of hydrogen-bond donors (Lipinski definition) is 0. The van der Waals surface area contributed by atoms with Gasteiger partial charge in [0.05, 0.1) is 24.3 Å². The van der Waals surface area contributed by atoms with Gasteiger partial charge in [-0.2, -0.15) is 18.2 Å². The highest BCUT2D eigenvalue weighted by molar-refractivity contribution is 5.69. The smallest absolute Gasteiger partial charge is 0.416 e. The molecule has 9 heteroatoms. The number of aromatic nitrogens is 3. The van der Waals surface area contributed by atoms with Crippen LogP contribution in [-0.2, 0) is 15.7 Å². The monoisotopic (exact) mass is 329 g/mol. The topological polar surface area (TPSA) is 66.2 Å². The molecule has 6 nitrogen and oxygen atoms in total. The van der Waals surface area contributed by atoms with Crippen LogP contribution in [0.15, 0.2) is 30.6 Å². The number of carbonyl (C=O) groups excluding carboxylic acids is 1. The molecule has 0 saturated carbocycles. The minimum absolute atomic E-state index is 0.0193. The summed E-state index contributed by atoms with van der Waals surface area (Å²) >= 11 is 0. The van der Waals surface area contributed by atoms with E-state index in [0.717, 1.165) is 16.8 Å². The minimum Gasteiger partial charge on any atom is -0.466 e. The Morgan fingerprint density at radius 1 is 1.35 bits per heavy atom. The molecule has 0 aliphatic heterocycles. The normalized spacial score (nSPS) is 11.3. The van der Waals surface area contributed by atoms with Crippen LogP contribution in [-0.4, -0.2) is 33.9 Å². The third-order valence-corrected chi connectivity index (χ3v) is 2.75. The standard InChI is InChI=1S/C14H14F3N3O3/c1-2-22-12(21)6-7-23-13-18-9-20(19-13)11-5-3-4-10(8-11)14(15,16)17/h3-5,8-9H,2,6-7H2,1H3. The highest BCUT2D eigenvalue weighted by atomic mass is 19.4. The molecule has 0 radical (unpaired) electrons. The van der Waals surface area contributed by atoms with Crippen LogP contribution in [0.5, 0.6) is 6.01 Å². The minimum atomic E-state index is -4.43. The Balaban J connectivity index is 2.01. The van der Waals surface area contributed by atoms with Gasteiger partial charge in [-0.1, -0.05) is 6.07 Å². The Labute approximate surface area is 129 Å². The van der Waals surface area contributed by atoms with E-state index in [-0.39, 0.29) is 31.3 Å². The largest absolute Gasteiger partial charge is 0.466 e. The number of hydrogen-bond acceptors (Lipinski definition) is 5. The van der Waals surface area contributed by atoms with E-state index in [1.165, 1.54) is 18.5 Å². The van der Waals surface area contributed by atoms with E-state index in [2.05, 4.69) is 10.1 Å². The molecule has 0 N–H and O–H groups in total. The van der Waals surface area contributed by atoms with Crippen LogP contribution < -0.4 is 4.74 Å². The van der Waals surface area contributed by atoms with E-state index < -0.39 is 17.7 Å². The Bertz CT molecular complexity index is 671. The summed E-state index contributed by atoms with van der Waals surface area (Å²) in [6.45, 7) is 1.99. The lowest BCUT2D eigenvalue weighted by molar-refractivity contribution is -0.143. The Kier molecular flexibility index (Phi) is 5.20. The van der Waals surface area contributed by atoms with Crippen LogP contribution in [0.2, 0.25) is 0 Å². The summed E-state index contributed by atoms with van der Waals surface area (Å²) in [4.78, 5) is 15.0. The highest BCUT2D eigenvalue weighted by Crippen LogP contribution is 2.30. The summed E-state index contributed by atoms with van der Waals surface area (Å²) in [5.41, 5.74) is -0.581. The first-order valence-corrected chi connectivity index (χ1v) is 6.78. The number of halogens is 3. The van der Waals surface area contributed by atoms with Crippen molar-refractivity contribution in [1.29, 1.82) is 0 Å². The maximum Gasteiger partial charge on any atom is 0.416 e. The molecule has 1 aromatic heterocycles. The third-order valence-electron chi connectivity index (χ3n) is 2.75. The van der Waals surface area contributed by atoms with E-state index in [1.54, 1.807) is 6.92 Å². The summed E-state index contributed by atoms with van der Waals surface area (Å²) in [5, 5.41) is 3.91. The van der Waals surface area contributed by atoms with Gasteiger partial charge in [0.25, 0.3) is 0 Å². The number of carbonyl (C=O) groups is 1. The molecule has 0 fully saturated rings. The van der Waals surface area contributed by atoms with E-state index in [0.29, 0.717) is 0 Å². The average Bonchev–Trinajstić information content (AvgIpc) is 2.96. The molecule has 1 heterocycles. The first kappa shape index (κ1) is 16.8. The second kappa shape index (κ2) is 7.12. The van der Waals surface area contributed by atoms with Crippen LogP contribution in [0.4, 0.5) is 13.2 Å². The molecule has 0 saturated heterocycles. The second-order valence-electron chi connectivity index (χ2n) is 4.42. The second-order valence-corrected chi connectivity index (χ2v) is 4.42. The zero-order chi connectivity index (χ0) is 16.9. The van der Waals surface area contributed by atoms with Crippen LogP contribution in [0.3, 0.4) is 0 Å². The molecular weight excluding hydrogens is 315 g/mol. The number of esters is 1. The number of benzene rings is 1. The SMILES string of the molecule is CCOC(=O)CCOc1ncn(-c2cccc(C(F)(F)F)c2)n1. The Hall–Kier alpha value is -2.58. The van der Waals surface area contributed by atoms with Crippen molar-refractivity contribution < 1.29 is 27.4 Å². The van der Waals surface area contributed by atoms with E-state index in [4.69, 9.17) is 9.47 Å². The Morgan fingerprint density at radius 2 is 2.13 bits per heavy atom. The molecule has 0 aliphatic rings. The van der Waals surface area contributed by atoms with E-state index in [9.17, 15) is 18.0 Å². The molecule has 0 amide bonds. The molecule has 0 aliphatic carbocycles. The van der Waals surface area contributed by atoms with Crippen molar-refractivity contribution in [2.45, 2.75) is 19.5 Å². The van der Waals surface area contributed by atoms with Gasteiger partial charge in [0.1, 0.15) is 12.9 Å². The van der Waals surface area contributed by atoms with Crippen LogP contribution in [0.25, 0.3) is 5.69 Å². The van der Waals surface area contributed by atoms with Gasteiger partial charge < -0.3 is 9.47 Å². The van der Waals surface area contributed by atoms with Gasteiger partial charge in [0.2, 0.25) is 0 Å². The zero-order valence-electron chi connectivity index (χ0n) is 12.2. The van der Waals surface area contributed by atoms with Crippen LogP contribution >= 0.6 is 0 Å².